The Morgan fingerprint density at radius 3 is 2.73 bits per heavy atom. The van der Waals surface area contributed by atoms with Gasteiger partial charge in [0.2, 0.25) is 5.88 Å². The van der Waals surface area contributed by atoms with Gasteiger partial charge in [-0.05, 0) is 12.0 Å². The van der Waals surface area contributed by atoms with E-state index in [9.17, 15) is 0 Å². The van der Waals surface area contributed by atoms with E-state index in [0.29, 0.717) is 5.88 Å². The van der Waals surface area contributed by atoms with E-state index in [4.69, 9.17) is 4.74 Å². The third-order valence-corrected chi connectivity index (χ3v) is 2.69. The van der Waals surface area contributed by atoms with E-state index in [0.717, 1.165) is 18.2 Å². The van der Waals surface area contributed by atoms with Crippen LogP contribution in [-0.4, -0.2) is 18.6 Å². The Morgan fingerprint density at radius 2 is 2.13 bits per heavy atom. The molecule has 0 atom stereocenters. The van der Waals surface area contributed by atoms with Crippen molar-refractivity contribution in [2.45, 2.75) is 26.7 Å². The van der Waals surface area contributed by atoms with Gasteiger partial charge < -0.3 is 10.1 Å². The molecular weight excluding hydrogens is 188 g/mol. The van der Waals surface area contributed by atoms with E-state index in [1.54, 1.807) is 13.3 Å². The highest BCUT2D eigenvalue weighted by Crippen LogP contribution is 2.15. The fourth-order valence-electron chi connectivity index (χ4n) is 1.47. The first kappa shape index (κ1) is 11.8. The molecule has 0 unspecified atom stereocenters. The summed E-state index contributed by atoms with van der Waals surface area (Å²) >= 11 is 0. The SMILES string of the molecule is CCC(CC)CNc1ccnc(OC)c1. The van der Waals surface area contributed by atoms with Crippen LogP contribution in [0, 0.1) is 5.92 Å². The molecule has 1 aromatic heterocycles. The van der Waals surface area contributed by atoms with Crippen molar-refractivity contribution < 1.29 is 4.74 Å². The first-order valence-electron chi connectivity index (χ1n) is 5.54. The number of nitrogens with one attached hydrogen (secondary N) is 1. The highest BCUT2D eigenvalue weighted by atomic mass is 16.5. The van der Waals surface area contributed by atoms with Crippen molar-refractivity contribution in [1.82, 2.24) is 4.98 Å². The van der Waals surface area contributed by atoms with Crippen molar-refractivity contribution in [2.75, 3.05) is 19.0 Å². The molecule has 1 heterocycles. The molecule has 0 spiro atoms. The van der Waals surface area contributed by atoms with Gasteiger partial charge in [-0.15, -0.1) is 0 Å². The van der Waals surface area contributed by atoms with Crippen molar-refractivity contribution in [3.63, 3.8) is 0 Å². The minimum Gasteiger partial charge on any atom is -0.481 e. The molecule has 84 valence electrons. The Morgan fingerprint density at radius 1 is 1.40 bits per heavy atom. The van der Waals surface area contributed by atoms with Crippen LogP contribution in [0.3, 0.4) is 0 Å². The lowest BCUT2D eigenvalue weighted by Gasteiger charge is -2.14. The van der Waals surface area contributed by atoms with E-state index >= 15 is 0 Å². The molecule has 0 amide bonds. The second kappa shape index (κ2) is 6.27. The van der Waals surface area contributed by atoms with E-state index in [-0.39, 0.29) is 0 Å². The fourth-order valence-corrected chi connectivity index (χ4v) is 1.47. The Hall–Kier alpha value is -1.25. The van der Waals surface area contributed by atoms with E-state index in [2.05, 4.69) is 24.1 Å². The summed E-state index contributed by atoms with van der Waals surface area (Å²) in [6.07, 6.45) is 4.19. The fraction of sp³-hybridized carbons (Fsp3) is 0.583. The van der Waals surface area contributed by atoms with Gasteiger partial charge in [-0.25, -0.2) is 4.98 Å². The lowest BCUT2D eigenvalue weighted by atomic mass is 10.0. The topological polar surface area (TPSA) is 34.2 Å². The van der Waals surface area contributed by atoms with Crippen LogP contribution in [0.2, 0.25) is 0 Å². The molecule has 0 aliphatic heterocycles. The quantitative estimate of drug-likeness (QED) is 0.780. The summed E-state index contributed by atoms with van der Waals surface area (Å²) in [4.78, 5) is 4.06. The van der Waals surface area contributed by atoms with Crippen LogP contribution in [0.5, 0.6) is 5.88 Å². The van der Waals surface area contributed by atoms with E-state index in [1.807, 2.05) is 12.1 Å². The number of anilines is 1. The average Bonchev–Trinajstić information content (AvgIpc) is 2.31. The molecule has 1 rings (SSSR count). The predicted molar refractivity (Wildman–Crippen MR) is 63.4 cm³/mol. The van der Waals surface area contributed by atoms with Crippen molar-refractivity contribution in [2.24, 2.45) is 5.92 Å². The molecule has 3 nitrogen and oxygen atoms in total. The number of ether oxygens (including phenoxy) is 1. The normalized spacial score (nSPS) is 10.4. The highest BCUT2D eigenvalue weighted by molar-refractivity contribution is 5.44. The molecule has 0 bridgehead atoms. The first-order chi connectivity index (χ1) is 7.30. The minimum absolute atomic E-state index is 0.657. The van der Waals surface area contributed by atoms with Crippen molar-refractivity contribution in [3.05, 3.63) is 18.3 Å². The van der Waals surface area contributed by atoms with Crippen LogP contribution in [0.15, 0.2) is 18.3 Å². The number of hydrogen-bond donors (Lipinski definition) is 1. The summed E-state index contributed by atoms with van der Waals surface area (Å²) in [5.41, 5.74) is 1.08. The van der Waals surface area contributed by atoms with Crippen molar-refractivity contribution in [3.8, 4) is 5.88 Å². The lowest BCUT2D eigenvalue weighted by molar-refractivity contribution is 0.398. The maximum absolute atomic E-state index is 5.06. The van der Waals surface area contributed by atoms with Gasteiger partial charge in [-0.2, -0.15) is 0 Å². The maximum atomic E-state index is 5.06. The summed E-state index contributed by atoms with van der Waals surface area (Å²) in [5, 5.41) is 3.40. The Kier molecular flexibility index (Phi) is 4.95. The van der Waals surface area contributed by atoms with Crippen LogP contribution in [0.25, 0.3) is 0 Å². The molecule has 3 heteroatoms. The zero-order valence-corrected chi connectivity index (χ0v) is 9.79. The zero-order chi connectivity index (χ0) is 11.1. The van der Waals surface area contributed by atoms with Gasteiger partial charge in [-0.3, -0.25) is 0 Å². The second-order valence-electron chi connectivity index (χ2n) is 3.65. The van der Waals surface area contributed by atoms with Crippen LogP contribution in [0.4, 0.5) is 5.69 Å². The van der Waals surface area contributed by atoms with Gasteiger partial charge >= 0.3 is 0 Å². The second-order valence-corrected chi connectivity index (χ2v) is 3.65. The minimum atomic E-state index is 0.657. The third kappa shape index (κ3) is 3.78. The maximum Gasteiger partial charge on any atom is 0.214 e. The summed E-state index contributed by atoms with van der Waals surface area (Å²) in [6, 6.07) is 3.88. The molecule has 0 aliphatic carbocycles. The Balaban J connectivity index is 2.49. The van der Waals surface area contributed by atoms with E-state index < -0.39 is 0 Å². The first-order valence-corrected chi connectivity index (χ1v) is 5.54. The van der Waals surface area contributed by atoms with Gasteiger partial charge in [0.05, 0.1) is 7.11 Å². The molecule has 0 saturated carbocycles. The average molecular weight is 208 g/mol. The number of aromatic nitrogens is 1. The number of rotatable bonds is 6. The molecule has 0 fully saturated rings. The van der Waals surface area contributed by atoms with Crippen LogP contribution >= 0.6 is 0 Å². The standard InChI is InChI=1S/C12H20N2O/c1-4-10(5-2)9-14-11-6-7-13-12(8-11)15-3/h6-8,10H,4-5,9H2,1-3H3,(H,13,14). The van der Waals surface area contributed by atoms with Crippen molar-refractivity contribution >= 4 is 5.69 Å². The van der Waals surface area contributed by atoms with Crippen molar-refractivity contribution in [1.29, 1.82) is 0 Å². The predicted octanol–water partition coefficient (Wildman–Crippen LogP) is 2.94. The summed E-state index contributed by atoms with van der Waals surface area (Å²) in [6.45, 7) is 5.46. The van der Waals surface area contributed by atoms with Crippen LogP contribution in [0.1, 0.15) is 26.7 Å². The van der Waals surface area contributed by atoms with Gasteiger partial charge in [0.15, 0.2) is 0 Å². The molecular formula is C12H20N2O. The van der Waals surface area contributed by atoms with E-state index in [1.165, 1.54) is 12.8 Å². The molecule has 15 heavy (non-hydrogen) atoms. The summed E-state index contributed by atoms with van der Waals surface area (Å²) in [5.74, 6) is 1.40. The summed E-state index contributed by atoms with van der Waals surface area (Å²) < 4.78 is 5.06. The highest BCUT2D eigenvalue weighted by Gasteiger charge is 2.03. The Bertz CT molecular complexity index is 285. The van der Waals surface area contributed by atoms with Gasteiger partial charge in [-0.1, -0.05) is 26.7 Å². The lowest BCUT2D eigenvalue weighted by Crippen LogP contribution is -2.12. The number of pyridine rings is 1. The molecule has 0 aromatic carbocycles. The third-order valence-electron chi connectivity index (χ3n) is 2.69. The largest absolute Gasteiger partial charge is 0.481 e. The molecule has 1 N–H and O–H groups in total. The molecule has 1 aromatic rings. The smallest absolute Gasteiger partial charge is 0.214 e. The number of nitrogens with zero attached hydrogens (tertiary/aromatic N) is 1. The van der Waals surface area contributed by atoms with Crippen LogP contribution < -0.4 is 10.1 Å². The monoisotopic (exact) mass is 208 g/mol. The summed E-state index contributed by atoms with van der Waals surface area (Å²) in [7, 11) is 1.63. The number of methoxy groups -OCH3 is 1. The van der Waals surface area contributed by atoms with Crippen LogP contribution in [-0.2, 0) is 0 Å². The van der Waals surface area contributed by atoms with Gasteiger partial charge in [0.25, 0.3) is 0 Å². The van der Waals surface area contributed by atoms with Gasteiger partial charge in [0, 0.05) is 24.5 Å². The molecule has 0 saturated heterocycles. The Labute approximate surface area is 91.9 Å². The molecule has 0 radical (unpaired) electrons. The molecule has 0 aliphatic rings. The van der Waals surface area contributed by atoms with Gasteiger partial charge in [0.1, 0.15) is 0 Å². The zero-order valence-electron chi connectivity index (χ0n) is 9.79. The number of hydrogen-bond acceptors (Lipinski definition) is 3.